The van der Waals surface area contributed by atoms with E-state index in [1.165, 1.54) is 19.3 Å². The first-order chi connectivity index (χ1) is 4.90. The first-order valence-electron chi connectivity index (χ1n) is 4.27. The minimum atomic E-state index is 0.809. The van der Waals surface area contributed by atoms with Crippen LogP contribution in [-0.4, -0.2) is 6.54 Å². The van der Waals surface area contributed by atoms with E-state index >= 15 is 0 Å². The Balaban J connectivity index is 2.10. The van der Waals surface area contributed by atoms with E-state index in [2.05, 4.69) is 12.2 Å². The number of hydrogen-bond acceptors (Lipinski definition) is 1. The molecule has 0 spiro atoms. The van der Waals surface area contributed by atoms with Crippen molar-refractivity contribution in [2.75, 3.05) is 6.54 Å². The molecule has 1 saturated carbocycles. The topological polar surface area (TPSA) is 26.0 Å². The molecule has 0 saturated heterocycles. The van der Waals surface area contributed by atoms with Crippen LogP contribution in [0.5, 0.6) is 0 Å². The van der Waals surface area contributed by atoms with Gasteiger partial charge in [-0.3, -0.25) is 0 Å². The lowest BCUT2D eigenvalue weighted by Crippen LogP contribution is -2.16. The van der Waals surface area contributed by atoms with Gasteiger partial charge in [-0.15, -0.1) is 0 Å². The summed E-state index contributed by atoms with van der Waals surface area (Å²) in [5, 5.41) is 0. The average molecular weight is 137 g/mol. The van der Waals surface area contributed by atoms with Crippen LogP contribution in [0.3, 0.4) is 0 Å². The zero-order valence-electron chi connectivity index (χ0n) is 6.29. The molecule has 2 rings (SSSR count). The number of allylic oxidation sites excluding steroid dienone is 2. The molecule has 0 aromatic rings. The van der Waals surface area contributed by atoms with Crippen LogP contribution in [0.2, 0.25) is 0 Å². The van der Waals surface area contributed by atoms with E-state index in [-0.39, 0.29) is 0 Å². The first-order valence-corrected chi connectivity index (χ1v) is 4.27. The number of fused-ring (bicyclic) bond motifs is 2. The molecule has 0 heterocycles. The number of hydrogen-bond donors (Lipinski definition) is 1. The van der Waals surface area contributed by atoms with Crippen molar-refractivity contribution in [3.8, 4) is 0 Å². The maximum absolute atomic E-state index is 5.66. The molecule has 2 N–H and O–H groups in total. The van der Waals surface area contributed by atoms with Gasteiger partial charge in [-0.25, -0.2) is 0 Å². The van der Waals surface area contributed by atoms with Crippen molar-refractivity contribution < 1.29 is 0 Å². The predicted molar refractivity (Wildman–Crippen MR) is 42.5 cm³/mol. The molecule has 1 heteroatoms. The van der Waals surface area contributed by atoms with Crippen molar-refractivity contribution in [1.29, 1.82) is 0 Å². The van der Waals surface area contributed by atoms with Crippen LogP contribution in [0.25, 0.3) is 0 Å². The normalized spacial score (nSPS) is 44.3. The molecule has 2 bridgehead atoms. The highest BCUT2D eigenvalue weighted by molar-refractivity contribution is 5.03. The van der Waals surface area contributed by atoms with Crippen LogP contribution >= 0.6 is 0 Å². The van der Waals surface area contributed by atoms with Crippen molar-refractivity contribution in [1.82, 2.24) is 0 Å². The standard InChI is InChI=1S/C9H15N/c10-6-9-5-7-2-1-3-8(9)4-7/h1,3,7-9H,2,4-6,10H2. The van der Waals surface area contributed by atoms with Crippen LogP contribution in [0.1, 0.15) is 19.3 Å². The Morgan fingerprint density at radius 3 is 3.00 bits per heavy atom. The van der Waals surface area contributed by atoms with Gasteiger partial charge in [0.05, 0.1) is 0 Å². The second-order valence-electron chi connectivity index (χ2n) is 3.66. The van der Waals surface area contributed by atoms with Gasteiger partial charge in [0.2, 0.25) is 0 Å². The summed E-state index contributed by atoms with van der Waals surface area (Å²) in [6.07, 6.45) is 8.83. The molecule has 3 atom stereocenters. The summed E-state index contributed by atoms with van der Waals surface area (Å²) in [5.74, 6) is 2.62. The van der Waals surface area contributed by atoms with E-state index in [9.17, 15) is 0 Å². The van der Waals surface area contributed by atoms with E-state index in [0.717, 1.165) is 24.3 Å². The predicted octanol–water partition coefficient (Wildman–Crippen LogP) is 1.55. The molecular formula is C9H15N. The molecule has 0 radical (unpaired) electrons. The summed E-state index contributed by atoms with van der Waals surface area (Å²) >= 11 is 0. The highest BCUT2D eigenvalue weighted by atomic mass is 14.6. The van der Waals surface area contributed by atoms with E-state index < -0.39 is 0 Å². The van der Waals surface area contributed by atoms with Crippen LogP contribution in [0, 0.1) is 17.8 Å². The minimum absolute atomic E-state index is 0.809. The van der Waals surface area contributed by atoms with E-state index in [4.69, 9.17) is 5.73 Å². The third-order valence-corrected chi connectivity index (χ3v) is 3.00. The summed E-state index contributed by atoms with van der Waals surface area (Å²) in [5.41, 5.74) is 5.66. The van der Waals surface area contributed by atoms with E-state index in [0.29, 0.717) is 0 Å². The molecular weight excluding hydrogens is 122 g/mol. The lowest BCUT2D eigenvalue weighted by Gasteiger charge is -2.13. The van der Waals surface area contributed by atoms with Crippen LogP contribution in [0.15, 0.2) is 12.2 Å². The summed E-state index contributed by atoms with van der Waals surface area (Å²) < 4.78 is 0. The largest absolute Gasteiger partial charge is 0.330 e. The zero-order valence-corrected chi connectivity index (χ0v) is 6.29. The SMILES string of the molecule is NCC1CC2CC=CC1C2. The highest BCUT2D eigenvalue weighted by Crippen LogP contribution is 2.41. The Labute approximate surface area is 62.3 Å². The molecule has 56 valence electrons. The van der Waals surface area contributed by atoms with Gasteiger partial charge in [0.1, 0.15) is 0 Å². The van der Waals surface area contributed by atoms with Crippen molar-refractivity contribution >= 4 is 0 Å². The lowest BCUT2D eigenvalue weighted by molar-refractivity contribution is 0.470. The Kier molecular flexibility index (Phi) is 1.53. The number of nitrogens with two attached hydrogens (primary N) is 1. The van der Waals surface area contributed by atoms with Gasteiger partial charge in [0, 0.05) is 0 Å². The Bertz CT molecular complexity index is 151. The quantitative estimate of drug-likeness (QED) is 0.545. The fourth-order valence-electron chi connectivity index (χ4n) is 2.42. The van der Waals surface area contributed by atoms with Gasteiger partial charge >= 0.3 is 0 Å². The molecule has 1 fully saturated rings. The maximum Gasteiger partial charge on any atom is -0.00431 e. The number of rotatable bonds is 1. The summed E-state index contributed by atoms with van der Waals surface area (Å²) in [7, 11) is 0. The van der Waals surface area contributed by atoms with Crippen LogP contribution in [0.4, 0.5) is 0 Å². The zero-order chi connectivity index (χ0) is 6.97. The maximum atomic E-state index is 5.66. The fraction of sp³-hybridized carbons (Fsp3) is 0.778. The molecule has 1 nitrogen and oxygen atoms in total. The summed E-state index contributed by atoms with van der Waals surface area (Å²) in [6, 6.07) is 0. The average Bonchev–Trinajstić information content (AvgIpc) is 2.26. The Morgan fingerprint density at radius 1 is 1.40 bits per heavy atom. The third kappa shape index (κ3) is 0.891. The molecule has 2 aliphatic carbocycles. The molecule has 3 unspecified atom stereocenters. The summed E-state index contributed by atoms with van der Waals surface area (Å²) in [6.45, 7) is 0.894. The molecule has 10 heavy (non-hydrogen) atoms. The second-order valence-corrected chi connectivity index (χ2v) is 3.66. The summed E-state index contributed by atoms with van der Waals surface area (Å²) in [4.78, 5) is 0. The van der Waals surface area contributed by atoms with Gasteiger partial charge in [0.25, 0.3) is 0 Å². The van der Waals surface area contributed by atoms with Gasteiger partial charge in [-0.1, -0.05) is 12.2 Å². The molecule has 0 aromatic carbocycles. The van der Waals surface area contributed by atoms with Crippen molar-refractivity contribution in [2.45, 2.75) is 19.3 Å². The van der Waals surface area contributed by atoms with Crippen LogP contribution in [-0.2, 0) is 0 Å². The van der Waals surface area contributed by atoms with E-state index in [1.807, 2.05) is 0 Å². The molecule has 2 aliphatic rings. The fourth-order valence-corrected chi connectivity index (χ4v) is 2.42. The van der Waals surface area contributed by atoms with Crippen LogP contribution < -0.4 is 5.73 Å². The molecule has 0 aromatic heterocycles. The van der Waals surface area contributed by atoms with Gasteiger partial charge in [0.15, 0.2) is 0 Å². The van der Waals surface area contributed by atoms with E-state index in [1.54, 1.807) is 0 Å². The Hall–Kier alpha value is -0.300. The smallest absolute Gasteiger partial charge is 0.00431 e. The van der Waals surface area contributed by atoms with Crippen molar-refractivity contribution in [2.24, 2.45) is 23.5 Å². The Morgan fingerprint density at radius 2 is 2.30 bits per heavy atom. The minimum Gasteiger partial charge on any atom is -0.330 e. The van der Waals surface area contributed by atoms with Crippen molar-refractivity contribution in [3.63, 3.8) is 0 Å². The van der Waals surface area contributed by atoms with Gasteiger partial charge < -0.3 is 5.73 Å². The highest BCUT2D eigenvalue weighted by Gasteiger charge is 2.32. The molecule has 0 aliphatic heterocycles. The third-order valence-electron chi connectivity index (χ3n) is 3.00. The first kappa shape index (κ1) is 6.41. The monoisotopic (exact) mass is 137 g/mol. The van der Waals surface area contributed by atoms with Gasteiger partial charge in [-0.2, -0.15) is 0 Å². The van der Waals surface area contributed by atoms with Gasteiger partial charge in [-0.05, 0) is 43.6 Å². The second kappa shape index (κ2) is 2.39. The molecule has 0 amide bonds. The lowest BCUT2D eigenvalue weighted by atomic mass is 9.93. The van der Waals surface area contributed by atoms with Crippen molar-refractivity contribution in [3.05, 3.63) is 12.2 Å².